The van der Waals surface area contributed by atoms with Gasteiger partial charge in [0.15, 0.2) is 11.5 Å². The number of aromatic hydroxyl groups is 1. The number of amides is 1. The second-order valence-electron chi connectivity index (χ2n) is 4.11. The molecule has 0 aromatic heterocycles. The molecule has 4 N–H and O–H groups in total. The van der Waals surface area contributed by atoms with Crippen molar-refractivity contribution in [2.24, 2.45) is 5.73 Å². The van der Waals surface area contributed by atoms with Gasteiger partial charge in [-0.15, -0.1) is 0 Å². The van der Waals surface area contributed by atoms with E-state index in [1.54, 1.807) is 19.1 Å². The van der Waals surface area contributed by atoms with Crippen LogP contribution < -0.4 is 15.8 Å². The molecule has 0 saturated carbocycles. The van der Waals surface area contributed by atoms with E-state index in [0.717, 1.165) is 0 Å². The van der Waals surface area contributed by atoms with E-state index >= 15 is 0 Å². The SMILES string of the molecule is CCC(C)(N)C(=O)Nc1ccc(OC)c(O)c1. The first-order valence-corrected chi connectivity index (χ1v) is 5.38. The van der Waals surface area contributed by atoms with Gasteiger partial charge >= 0.3 is 0 Å². The first-order valence-electron chi connectivity index (χ1n) is 5.38. The van der Waals surface area contributed by atoms with Gasteiger partial charge in [0.05, 0.1) is 12.6 Å². The number of carbonyl (C=O) groups is 1. The Kier molecular flexibility index (Phi) is 3.96. The van der Waals surface area contributed by atoms with Crippen LogP contribution in [0.15, 0.2) is 18.2 Å². The Balaban J connectivity index is 2.83. The third-order valence-electron chi connectivity index (χ3n) is 2.69. The molecule has 0 saturated heterocycles. The Hall–Kier alpha value is -1.75. The number of nitrogens with one attached hydrogen (secondary N) is 1. The number of methoxy groups -OCH3 is 1. The average Bonchev–Trinajstić information content (AvgIpc) is 2.29. The molecule has 0 radical (unpaired) electrons. The molecule has 0 aliphatic rings. The van der Waals surface area contributed by atoms with Crippen LogP contribution in [-0.2, 0) is 4.79 Å². The van der Waals surface area contributed by atoms with Crippen LogP contribution in [0.3, 0.4) is 0 Å². The molecule has 1 aromatic rings. The molecule has 0 heterocycles. The monoisotopic (exact) mass is 238 g/mol. The van der Waals surface area contributed by atoms with E-state index in [9.17, 15) is 9.90 Å². The van der Waals surface area contributed by atoms with E-state index in [4.69, 9.17) is 10.5 Å². The molecule has 0 spiro atoms. The summed E-state index contributed by atoms with van der Waals surface area (Å²) in [5, 5.41) is 12.2. The fraction of sp³-hybridized carbons (Fsp3) is 0.417. The van der Waals surface area contributed by atoms with Crippen molar-refractivity contribution < 1.29 is 14.6 Å². The van der Waals surface area contributed by atoms with E-state index in [2.05, 4.69) is 5.32 Å². The lowest BCUT2D eigenvalue weighted by atomic mass is 9.99. The van der Waals surface area contributed by atoms with Crippen molar-refractivity contribution in [3.8, 4) is 11.5 Å². The number of rotatable bonds is 4. The van der Waals surface area contributed by atoms with Gasteiger partial charge < -0.3 is 20.9 Å². The summed E-state index contributed by atoms with van der Waals surface area (Å²) in [5.41, 5.74) is 5.37. The number of phenolic OH excluding ortho intramolecular Hbond substituents is 1. The zero-order chi connectivity index (χ0) is 13.1. The molecule has 5 nitrogen and oxygen atoms in total. The summed E-state index contributed by atoms with van der Waals surface area (Å²) in [6, 6.07) is 4.63. The van der Waals surface area contributed by atoms with Crippen molar-refractivity contribution in [3.05, 3.63) is 18.2 Å². The van der Waals surface area contributed by atoms with E-state index in [1.807, 2.05) is 6.92 Å². The zero-order valence-electron chi connectivity index (χ0n) is 10.3. The standard InChI is InChI=1S/C12H18N2O3/c1-4-12(2,13)11(16)14-8-5-6-10(17-3)9(15)7-8/h5-7,15H,4,13H2,1-3H3,(H,14,16). The average molecular weight is 238 g/mol. The smallest absolute Gasteiger partial charge is 0.244 e. The van der Waals surface area contributed by atoms with Gasteiger partial charge in [-0.25, -0.2) is 0 Å². The Bertz CT molecular complexity index is 416. The highest BCUT2D eigenvalue weighted by molar-refractivity contribution is 5.97. The van der Waals surface area contributed by atoms with Gasteiger partial charge in [-0.1, -0.05) is 6.92 Å². The summed E-state index contributed by atoms with van der Waals surface area (Å²) < 4.78 is 4.91. The van der Waals surface area contributed by atoms with Crippen molar-refractivity contribution in [1.29, 1.82) is 0 Å². The van der Waals surface area contributed by atoms with Crippen LogP contribution >= 0.6 is 0 Å². The van der Waals surface area contributed by atoms with E-state index < -0.39 is 5.54 Å². The van der Waals surface area contributed by atoms with Crippen LogP contribution in [-0.4, -0.2) is 23.7 Å². The molecule has 5 heteroatoms. The van der Waals surface area contributed by atoms with Gasteiger partial charge in [0.1, 0.15) is 0 Å². The molecule has 0 fully saturated rings. The van der Waals surface area contributed by atoms with Gasteiger partial charge in [0, 0.05) is 11.8 Å². The molecule has 0 aliphatic heterocycles. The van der Waals surface area contributed by atoms with Crippen molar-refractivity contribution in [3.63, 3.8) is 0 Å². The minimum absolute atomic E-state index is 0.0273. The lowest BCUT2D eigenvalue weighted by molar-refractivity contribution is -0.120. The largest absolute Gasteiger partial charge is 0.504 e. The quantitative estimate of drug-likeness (QED) is 0.741. The highest BCUT2D eigenvalue weighted by Crippen LogP contribution is 2.28. The Morgan fingerprint density at radius 1 is 1.59 bits per heavy atom. The van der Waals surface area contributed by atoms with Crippen LogP contribution in [0.4, 0.5) is 5.69 Å². The molecule has 1 atom stereocenters. The third kappa shape index (κ3) is 3.10. The number of nitrogens with two attached hydrogens (primary N) is 1. The number of ether oxygens (including phenoxy) is 1. The van der Waals surface area contributed by atoms with E-state index in [0.29, 0.717) is 17.9 Å². The second-order valence-corrected chi connectivity index (χ2v) is 4.11. The topological polar surface area (TPSA) is 84.6 Å². The van der Waals surface area contributed by atoms with Gasteiger partial charge in [0.2, 0.25) is 5.91 Å². The van der Waals surface area contributed by atoms with Crippen LogP contribution in [0.25, 0.3) is 0 Å². The molecule has 94 valence electrons. The zero-order valence-corrected chi connectivity index (χ0v) is 10.3. The third-order valence-corrected chi connectivity index (χ3v) is 2.69. The Morgan fingerprint density at radius 2 is 2.24 bits per heavy atom. The van der Waals surface area contributed by atoms with Gasteiger partial charge in [0.25, 0.3) is 0 Å². The maximum absolute atomic E-state index is 11.8. The highest BCUT2D eigenvalue weighted by atomic mass is 16.5. The number of phenols is 1. The Morgan fingerprint density at radius 3 is 2.71 bits per heavy atom. The molecule has 1 aromatic carbocycles. The molecular formula is C12H18N2O3. The molecule has 1 amide bonds. The van der Waals surface area contributed by atoms with Crippen molar-refractivity contribution >= 4 is 11.6 Å². The highest BCUT2D eigenvalue weighted by Gasteiger charge is 2.26. The fourth-order valence-electron chi connectivity index (χ4n) is 1.20. The molecule has 0 aliphatic carbocycles. The molecular weight excluding hydrogens is 220 g/mol. The van der Waals surface area contributed by atoms with Crippen LogP contribution in [0.2, 0.25) is 0 Å². The normalized spacial score (nSPS) is 13.9. The van der Waals surface area contributed by atoms with Crippen molar-refractivity contribution in [2.75, 3.05) is 12.4 Å². The van der Waals surface area contributed by atoms with Crippen molar-refractivity contribution in [2.45, 2.75) is 25.8 Å². The number of anilines is 1. The van der Waals surface area contributed by atoms with Gasteiger partial charge in [-0.2, -0.15) is 0 Å². The Labute approximate surface area is 101 Å². The molecule has 17 heavy (non-hydrogen) atoms. The van der Waals surface area contributed by atoms with Gasteiger partial charge in [-0.05, 0) is 25.5 Å². The minimum Gasteiger partial charge on any atom is -0.504 e. The van der Waals surface area contributed by atoms with Crippen LogP contribution in [0, 0.1) is 0 Å². The van der Waals surface area contributed by atoms with E-state index in [1.165, 1.54) is 13.2 Å². The van der Waals surface area contributed by atoms with Gasteiger partial charge in [-0.3, -0.25) is 4.79 Å². The molecule has 1 unspecified atom stereocenters. The number of carbonyl (C=O) groups excluding carboxylic acids is 1. The maximum atomic E-state index is 11.8. The molecule has 1 rings (SSSR count). The maximum Gasteiger partial charge on any atom is 0.244 e. The van der Waals surface area contributed by atoms with Crippen LogP contribution in [0.5, 0.6) is 11.5 Å². The lowest BCUT2D eigenvalue weighted by Crippen LogP contribution is -2.47. The summed E-state index contributed by atoms with van der Waals surface area (Å²) in [7, 11) is 1.46. The predicted octanol–water partition coefficient (Wildman–Crippen LogP) is 1.47. The number of benzene rings is 1. The molecule has 0 bridgehead atoms. The minimum atomic E-state index is -0.921. The summed E-state index contributed by atoms with van der Waals surface area (Å²) >= 11 is 0. The predicted molar refractivity (Wildman–Crippen MR) is 66.2 cm³/mol. The lowest BCUT2D eigenvalue weighted by Gasteiger charge is -2.21. The fourth-order valence-corrected chi connectivity index (χ4v) is 1.20. The summed E-state index contributed by atoms with van der Waals surface area (Å²) in [4.78, 5) is 11.8. The number of hydrogen-bond donors (Lipinski definition) is 3. The van der Waals surface area contributed by atoms with Crippen LogP contribution in [0.1, 0.15) is 20.3 Å². The first kappa shape index (κ1) is 13.3. The first-order chi connectivity index (χ1) is 7.90. The summed E-state index contributed by atoms with van der Waals surface area (Å²) in [6.07, 6.45) is 0.529. The van der Waals surface area contributed by atoms with E-state index in [-0.39, 0.29) is 11.7 Å². The van der Waals surface area contributed by atoms with Crippen molar-refractivity contribution in [1.82, 2.24) is 0 Å². The summed E-state index contributed by atoms with van der Waals surface area (Å²) in [5.74, 6) is 0.0408. The summed E-state index contributed by atoms with van der Waals surface area (Å²) in [6.45, 7) is 3.50. The second kappa shape index (κ2) is 5.05. The number of hydrogen-bond acceptors (Lipinski definition) is 4.